The summed E-state index contributed by atoms with van der Waals surface area (Å²) in [5, 5.41) is 12.0. The summed E-state index contributed by atoms with van der Waals surface area (Å²) in [7, 11) is 1.63. The lowest BCUT2D eigenvalue weighted by Crippen LogP contribution is -2.53. The third-order valence-corrected chi connectivity index (χ3v) is 5.04. The first-order valence-corrected chi connectivity index (χ1v) is 8.78. The van der Waals surface area contributed by atoms with Crippen molar-refractivity contribution in [1.82, 2.24) is 4.90 Å². The molecule has 5 heteroatoms. The molecule has 0 radical (unpaired) electrons. The standard InChI is InChI=1S/C21H18ClNO3/c1-26-19-4-2-3-18(22)20(19)15-7-5-14-10-16(8-6-13(14)9-15)21(25)23-11-17(24)12-23/h2-10,17,24H,11-12H2,1H3. The van der Waals surface area contributed by atoms with Gasteiger partial charge in [0.25, 0.3) is 5.91 Å². The maximum atomic E-state index is 12.4. The fourth-order valence-corrected chi connectivity index (χ4v) is 3.57. The molecule has 0 spiro atoms. The van der Waals surface area contributed by atoms with E-state index in [-0.39, 0.29) is 5.91 Å². The topological polar surface area (TPSA) is 49.8 Å². The number of aliphatic hydroxyl groups is 1. The SMILES string of the molecule is COc1cccc(Cl)c1-c1ccc2cc(C(=O)N3CC(O)C3)ccc2c1. The van der Waals surface area contributed by atoms with Crippen LogP contribution in [0.2, 0.25) is 5.02 Å². The van der Waals surface area contributed by atoms with Crippen LogP contribution >= 0.6 is 11.6 Å². The number of aliphatic hydroxyl groups excluding tert-OH is 1. The van der Waals surface area contributed by atoms with Crippen LogP contribution in [0.4, 0.5) is 0 Å². The molecule has 1 N–H and O–H groups in total. The Morgan fingerprint density at radius 1 is 1.12 bits per heavy atom. The van der Waals surface area contributed by atoms with E-state index in [4.69, 9.17) is 16.3 Å². The fraction of sp³-hybridized carbons (Fsp3) is 0.190. The van der Waals surface area contributed by atoms with Gasteiger partial charge >= 0.3 is 0 Å². The minimum Gasteiger partial charge on any atom is -0.496 e. The van der Waals surface area contributed by atoms with E-state index in [0.29, 0.717) is 23.7 Å². The van der Waals surface area contributed by atoms with Gasteiger partial charge in [0.15, 0.2) is 0 Å². The summed E-state index contributed by atoms with van der Waals surface area (Å²) >= 11 is 6.38. The Labute approximate surface area is 156 Å². The Morgan fingerprint density at radius 2 is 1.85 bits per heavy atom. The first-order valence-electron chi connectivity index (χ1n) is 8.41. The van der Waals surface area contributed by atoms with E-state index in [9.17, 15) is 9.90 Å². The number of nitrogens with zero attached hydrogens (tertiary/aromatic N) is 1. The molecule has 4 nitrogen and oxygen atoms in total. The van der Waals surface area contributed by atoms with Gasteiger partial charge in [0.2, 0.25) is 0 Å². The summed E-state index contributed by atoms with van der Waals surface area (Å²) in [6.07, 6.45) is -0.396. The van der Waals surface area contributed by atoms with Gasteiger partial charge < -0.3 is 14.7 Å². The molecular weight excluding hydrogens is 350 g/mol. The summed E-state index contributed by atoms with van der Waals surface area (Å²) in [5.74, 6) is 0.675. The number of hydrogen-bond donors (Lipinski definition) is 1. The zero-order valence-electron chi connectivity index (χ0n) is 14.3. The van der Waals surface area contributed by atoms with Gasteiger partial charge in [-0.2, -0.15) is 0 Å². The van der Waals surface area contributed by atoms with E-state index in [0.717, 1.165) is 27.6 Å². The number of β-amino-alcohol motifs (C(OH)–C–C–N with tert-alkyl or cyclic N) is 1. The monoisotopic (exact) mass is 367 g/mol. The van der Waals surface area contributed by atoms with Crippen molar-refractivity contribution in [3.05, 3.63) is 65.2 Å². The number of likely N-dealkylation sites (tertiary alicyclic amines) is 1. The molecular formula is C21H18ClNO3. The Bertz CT molecular complexity index is 996. The van der Waals surface area contributed by atoms with E-state index in [1.807, 2.05) is 54.6 Å². The van der Waals surface area contributed by atoms with Crippen molar-refractivity contribution in [2.24, 2.45) is 0 Å². The second-order valence-electron chi connectivity index (χ2n) is 6.46. The lowest BCUT2D eigenvalue weighted by Gasteiger charge is -2.35. The first kappa shape index (κ1) is 16.9. The van der Waals surface area contributed by atoms with Crippen LogP contribution in [-0.2, 0) is 0 Å². The zero-order valence-corrected chi connectivity index (χ0v) is 15.0. The molecule has 1 heterocycles. The smallest absolute Gasteiger partial charge is 0.254 e. The third kappa shape index (κ3) is 2.91. The maximum Gasteiger partial charge on any atom is 0.254 e. The molecule has 1 aliphatic heterocycles. The van der Waals surface area contributed by atoms with Crippen LogP contribution in [0.25, 0.3) is 21.9 Å². The molecule has 0 saturated carbocycles. The first-order chi connectivity index (χ1) is 12.6. The van der Waals surface area contributed by atoms with Crippen LogP contribution in [0, 0.1) is 0 Å². The number of halogens is 1. The summed E-state index contributed by atoms with van der Waals surface area (Å²) in [4.78, 5) is 14.1. The highest BCUT2D eigenvalue weighted by Gasteiger charge is 2.29. The van der Waals surface area contributed by atoms with E-state index in [1.54, 1.807) is 12.0 Å². The molecule has 0 bridgehead atoms. The van der Waals surface area contributed by atoms with Gasteiger partial charge in [-0.05, 0) is 46.7 Å². The molecule has 0 atom stereocenters. The second-order valence-corrected chi connectivity index (χ2v) is 6.86. The highest BCUT2D eigenvalue weighted by atomic mass is 35.5. The van der Waals surface area contributed by atoms with Crippen LogP contribution in [0.1, 0.15) is 10.4 Å². The van der Waals surface area contributed by atoms with Gasteiger partial charge in [-0.1, -0.05) is 35.9 Å². The number of benzene rings is 3. The Morgan fingerprint density at radius 3 is 2.58 bits per heavy atom. The number of methoxy groups -OCH3 is 1. The molecule has 26 heavy (non-hydrogen) atoms. The largest absolute Gasteiger partial charge is 0.496 e. The molecule has 3 aromatic carbocycles. The van der Waals surface area contributed by atoms with Gasteiger partial charge in [-0.25, -0.2) is 0 Å². The highest BCUT2D eigenvalue weighted by Crippen LogP contribution is 2.37. The molecule has 1 saturated heterocycles. The Kier molecular flexibility index (Phi) is 4.31. The van der Waals surface area contributed by atoms with E-state index in [1.165, 1.54) is 0 Å². The van der Waals surface area contributed by atoms with E-state index in [2.05, 4.69) is 0 Å². The fourth-order valence-electron chi connectivity index (χ4n) is 3.29. The van der Waals surface area contributed by atoms with Gasteiger partial charge in [-0.3, -0.25) is 4.79 Å². The summed E-state index contributed by atoms with van der Waals surface area (Å²) in [6, 6.07) is 17.2. The lowest BCUT2D eigenvalue weighted by molar-refractivity contribution is 0.00591. The summed E-state index contributed by atoms with van der Waals surface area (Å²) < 4.78 is 5.44. The molecule has 4 rings (SSSR count). The van der Waals surface area contributed by atoms with Crippen LogP contribution in [0.3, 0.4) is 0 Å². The second kappa shape index (κ2) is 6.63. The predicted molar refractivity (Wildman–Crippen MR) is 103 cm³/mol. The quantitative estimate of drug-likeness (QED) is 0.761. The Balaban J connectivity index is 1.71. The van der Waals surface area contributed by atoms with Crippen molar-refractivity contribution >= 4 is 28.3 Å². The molecule has 1 amide bonds. The minimum absolute atomic E-state index is 0.0472. The van der Waals surface area contributed by atoms with Crippen molar-refractivity contribution in [1.29, 1.82) is 0 Å². The van der Waals surface area contributed by atoms with Gasteiger partial charge in [-0.15, -0.1) is 0 Å². The van der Waals surface area contributed by atoms with Crippen LogP contribution in [-0.4, -0.2) is 42.2 Å². The zero-order chi connectivity index (χ0) is 18.3. The van der Waals surface area contributed by atoms with Gasteiger partial charge in [0, 0.05) is 24.2 Å². The molecule has 1 aliphatic rings. The minimum atomic E-state index is -0.396. The van der Waals surface area contributed by atoms with E-state index < -0.39 is 6.10 Å². The van der Waals surface area contributed by atoms with Gasteiger partial charge in [0.1, 0.15) is 5.75 Å². The van der Waals surface area contributed by atoms with Gasteiger partial charge in [0.05, 0.1) is 18.2 Å². The normalized spacial score (nSPS) is 14.3. The molecule has 0 aliphatic carbocycles. The van der Waals surface area contributed by atoms with Crippen LogP contribution < -0.4 is 4.74 Å². The number of carbonyl (C=O) groups excluding carboxylic acids is 1. The summed E-state index contributed by atoms with van der Waals surface area (Å²) in [6.45, 7) is 0.810. The third-order valence-electron chi connectivity index (χ3n) is 4.72. The number of hydrogen-bond acceptors (Lipinski definition) is 3. The number of ether oxygens (including phenoxy) is 1. The molecule has 0 unspecified atom stereocenters. The molecule has 3 aromatic rings. The molecule has 132 valence electrons. The molecule has 0 aromatic heterocycles. The van der Waals surface area contributed by atoms with Crippen molar-refractivity contribution in [3.8, 4) is 16.9 Å². The highest BCUT2D eigenvalue weighted by molar-refractivity contribution is 6.33. The van der Waals surface area contributed by atoms with Crippen molar-refractivity contribution in [2.75, 3.05) is 20.2 Å². The van der Waals surface area contributed by atoms with E-state index >= 15 is 0 Å². The number of carbonyl (C=O) groups is 1. The lowest BCUT2D eigenvalue weighted by atomic mass is 9.98. The van der Waals surface area contributed by atoms with Crippen molar-refractivity contribution in [3.63, 3.8) is 0 Å². The number of amides is 1. The Hall–Kier alpha value is -2.56. The molecule has 1 fully saturated rings. The average Bonchev–Trinajstić information content (AvgIpc) is 2.64. The van der Waals surface area contributed by atoms with Crippen LogP contribution in [0.15, 0.2) is 54.6 Å². The number of rotatable bonds is 3. The van der Waals surface area contributed by atoms with Crippen molar-refractivity contribution < 1.29 is 14.6 Å². The average molecular weight is 368 g/mol. The maximum absolute atomic E-state index is 12.4. The summed E-state index contributed by atoms with van der Waals surface area (Å²) in [5.41, 5.74) is 2.45. The number of fused-ring (bicyclic) bond motifs is 1. The van der Waals surface area contributed by atoms with Crippen molar-refractivity contribution in [2.45, 2.75) is 6.10 Å². The van der Waals surface area contributed by atoms with Crippen LogP contribution in [0.5, 0.6) is 5.75 Å². The predicted octanol–water partition coefficient (Wildman–Crippen LogP) is 3.99.